The van der Waals surface area contributed by atoms with Gasteiger partial charge in [0.1, 0.15) is 0 Å². The van der Waals surface area contributed by atoms with Crippen LogP contribution in [-0.4, -0.2) is 102 Å². The van der Waals surface area contributed by atoms with Crippen LogP contribution in [0.15, 0.2) is 17.0 Å². The standard InChI is InChI=1S/C24H33N2O4S.C7H16N2O.Pb/c1-8-16(4)13-23(28)26(7)20(15(2)3)9-10-22-25-19(14-31-22)21(27)12-17(5)11-18(6)24(29)30;1-3-4-5-9(2)6-7(8)10;/h11,14-17,20H,5,8,12-13H2,1-4,6-7H3,(H,29,30);3-6H2,1-2H3,(H2,8,10);/b18-11+;;/t16-,17?,20?;;/m0../s1. The molecule has 0 saturated carbocycles. The number of rotatable bonds is 16. The van der Waals surface area contributed by atoms with Crippen LogP contribution >= 0.6 is 11.3 Å². The van der Waals surface area contributed by atoms with Crippen molar-refractivity contribution in [2.24, 2.45) is 23.5 Å². The van der Waals surface area contributed by atoms with E-state index in [0.717, 1.165) is 55.6 Å². The maximum absolute atomic E-state index is 12.6. The number of carbonyl (C=O) groups excluding carboxylic acids is 3. The maximum atomic E-state index is 12.6. The Balaban J connectivity index is 0.00000143. The number of nitrogens with zero attached hydrogens (tertiary/aromatic N) is 3. The van der Waals surface area contributed by atoms with Crippen molar-refractivity contribution in [2.45, 2.75) is 83.7 Å². The summed E-state index contributed by atoms with van der Waals surface area (Å²) < 4.78 is 0.806. The molecule has 3 N–H and O–H groups in total. The molecule has 3 atom stereocenters. The van der Waals surface area contributed by atoms with Gasteiger partial charge in [-0.3, -0.25) is 14.5 Å². The molecule has 42 heavy (non-hydrogen) atoms. The number of aliphatic carboxylic acids is 1. The molecule has 0 bridgehead atoms. The molecule has 3 radical (unpaired) electrons. The van der Waals surface area contributed by atoms with Crippen LogP contribution in [0, 0.1) is 29.6 Å². The summed E-state index contributed by atoms with van der Waals surface area (Å²) in [5.41, 5.74) is 5.61. The summed E-state index contributed by atoms with van der Waals surface area (Å²) in [6.07, 6.45) is 5.66. The number of nitrogens with two attached hydrogens (primary N) is 1. The molecule has 0 aliphatic rings. The molecule has 0 aromatic carbocycles. The summed E-state index contributed by atoms with van der Waals surface area (Å²) in [6.45, 7) is 13.2. The Morgan fingerprint density at radius 1 is 1.17 bits per heavy atom. The van der Waals surface area contributed by atoms with E-state index in [0.29, 0.717) is 29.6 Å². The fraction of sp³-hybridized carbons (Fsp3) is 0.645. The first-order valence-electron chi connectivity index (χ1n) is 14.5. The van der Waals surface area contributed by atoms with E-state index in [4.69, 9.17) is 10.8 Å². The number of hydrogen-bond donors (Lipinski definition) is 2. The van der Waals surface area contributed by atoms with Gasteiger partial charge in [0.25, 0.3) is 0 Å². The predicted octanol–water partition coefficient (Wildman–Crippen LogP) is 4.42. The Hall–Kier alpha value is -2.11. The predicted molar refractivity (Wildman–Crippen MR) is 170 cm³/mol. The summed E-state index contributed by atoms with van der Waals surface area (Å²) in [6, 6.07) is -0.229. The Bertz CT molecular complexity index is 1110. The fourth-order valence-corrected chi connectivity index (χ4v) is 5.47. The quantitative estimate of drug-likeness (QED) is 0.110. The van der Waals surface area contributed by atoms with E-state index in [-0.39, 0.29) is 47.5 Å². The van der Waals surface area contributed by atoms with E-state index in [1.807, 2.05) is 25.8 Å². The van der Waals surface area contributed by atoms with Gasteiger partial charge >= 0.3 is 175 Å². The molecule has 233 valence electrons. The molecular weight excluding hydrogens is 748 g/mol. The van der Waals surface area contributed by atoms with Crippen LogP contribution in [0.3, 0.4) is 0 Å². The molecule has 0 spiro atoms. The van der Waals surface area contributed by atoms with Crippen molar-refractivity contribution in [3.63, 3.8) is 0 Å². The second-order valence-electron chi connectivity index (χ2n) is 11.0. The van der Waals surface area contributed by atoms with Gasteiger partial charge in [-0.25, -0.2) is 0 Å². The van der Waals surface area contributed by atoms with Gasteiger partial charge in [-0.2, -0.15) is 0 Å². The molecule has 11 heteroatoms. The number of carboxylic acids is 1. The minimum atomic E-state index is -0.962. The first kappa shape index (κ1) is 39.9. The Morgan fingerprint density at radius 2 is 1.81 bits per heavy atom. The van der Waals surface area contributed by atoms with Crippen molar-refractivity contribution in [3.05, 3.63) is 27.7 Å². The number of ketones is 1. The van der Waals surface area contributed by atoms with Crippen molar-refractivity contribution in [1.29, 1.82) is 0 Å². The molecule has 1 rings (SSSR count). The Morgan fingerprint density at radius 3 is 2.31 bits per heavy atom. The van der Waals surface area contributed by atoms with Gasteiger partial charge in [0.05, 0.1) is 6.54 Å². The van der Waals surface area contributed by atoms with Crippen molar-refractivity contribution in [2.75, 3.05) is 27.2 Å². The average molecular weight is 797 g/mol. The summed E-state index contributed by atoms with van der Waals surface area (Å²) in [5.74, 6) is 5.40. The minimum absolute atomic E-state index is 0.0845. The number of carboxylic acid groups (broad SMARTS) is 1. The van der Waals surface area contributed by atoms with Crippen molar-refractivity contribution in [1.82, 2.24) is 14.8 Å². The van der Waals surface area contributed by atoms with Gasteiger partial charge in [-0.15, -0.1) is 0 Å². The molecule has 0 saturated heterocycles. The molecule has 1 aromatic heterocycles. The molecular formula is C31H49N4O5PbS. The van der Waals surface area contributed by atoms with Crippen molar-refractivity contribution >= 4 is 60.7 Å². The van der Waals surface area contributed by atoms with E-state index < -0.39 is 5.97 Å². The summed E-state index contributed by atoms with van der Waals surface area (Å²) >= 11 is 2.19. The molecule has 1 aromatic rings. The van der Waals surface area contributed by atoms with Crippen LogP contribution in [0.1, 0.15) is 89.1 Å². The number of carbonyl (C=O) groups is 4. The number of aromatic nitrogens is 1. The first-order chi connectivity index (χ1) is 19.7. The fourth-order valence-electron chi connectivity index (χ4n) is 3.78. The Kier molecular flexibility index (Phi) is 20.5. The molecule has 9 nitrogen and oxygen atoms in total. The normalized spacial score (nSPS) is 13.4. The van der Waals surface area contributed by atoms with E-state index >= 15 is 0 Å². The third-order valence-electron chi connectivity index (χ3n) is 6.63. The number of thiazole rings is 1. The SMILES string of the molecule is CCCCN(C)CC(N)=O.CC[C@H](C)CC(=O)N(C)C(C#Cc1nc(C(=O)CC(/C=C(\C)C(=O)O)[CH2][Pb])cs1)C(C)C. The van der Waals surface area contributed by atoms with Crippen LogP contribution in [0.5, 0.6) is 0 Å². The van der Waals surface area contributed by atoms with Crippen molar-refractivity contribution < 1.29 is 24.3 Å². The van der Waals surface area contributed by atoms with Gasteiger partial charge in [0, 0.05) is 6.42 Å². The van der Waals surface area contributed by atoms with Gasteiger partial charge in [-0.05, 0) is 25.9 Å². The molecule has 1 heterocycles. The average Bonchev–Trinajstić information content (AvgIpc) is 3.40. The summed E-state index contributed by atoms with van der Waals surface area (Å²) in [5, 5.41) is 11.3. The van der Waals surface area contributed by atoms with E-state index in [2.05, 4.69) is 37.6 Å². The van der Waals surface area contributed by atoms with Crippen LogP contribution in [0.4, 0.5) is 0 Å². The monoisotopic (exact) mass is 797 g/mol. The third-order valence-corrected chi connectivity index (χ3v) is 9.43. The number of unbranched alkanes of at least 4 members (excludes halogenated alkanes) is 1. The zero-order chi connectivity index (χ0) is 32.4. The van der Waals surface area contributed by atoms with Gasteiger partial charge < -0.3 is 5.73 Å². The van der Waals surface area contributed by atoms with Crippen LogP contribution in [-0.2, 0) is 14.4 Å². The first-order valence-corrected chi connectivity index (χ1v) is 18.1. The molecule has 2 unspecified atom stereocenters. The van der Waals surface area contributed by atoms with Crippen LogP contribution in [0.2, 0.25) is 3.98 Å². The number of amides is 2. The van der Waals surface area contributed by atoms with E-state index in [1.54, 1.807) is 30.3 Å². The number of likely N-dealkylation sites (N-methyl/N-ethyl adjacent to an activating group) is 1. The second kappa shape index (κ2) is 21.6. The van der Waals surface area contributed by atoms with Gasteiger partial charge in [-0.1, -0.05) is 33.6 Å². The Labute approximate surface area is 272 Å². The number of allylic oxidation sites excluding steroid dienone is 1. The number of primary amides is 1. The van der Waals surface area contributed by atoms with E-state index in [9.17, 15) is 19.2 Å². The van der Waals surface area contributed by atoms with Crippen LogP contribution in [0.25, 0.3) is 0 Å². The molecule has 0 aliphatic carbocycles. The molecule has 2 amide bonds. The zero-order valence-electron chi connectivity index (χ0n) is 26.5. The molecule has 0 fully saturated rings. The van der Waals surface area contributed by atoms with E-state index in [1.165, 1.54) is 11.3 Å². The third kappa shape index (κ3) is 16.5. The van der Waals surface area contributed by atoms with Gasteiger partial charge in [0.2, 0.25) is 5.91 Å². The number of Topliss-reactive ketones (excluding diaryl/α,β-unsaturated/α-hetero) is 1. The van der Waals surface area contributed by atoms with Crippen molar-refractivity contribution in [3.8, 4) is 11.8 Å². The molecule has 0 aliphatic heterocycles. The second-order valence-corrected chi connectivity index (χ2v) is 13.5. The zero-order valence-corrected chi connectivity index (χ0v) is 31.2. The number of hydrogen-bond acceptors (Lipinski definition) is 7. The topological polar surface area (TPSA) is 134 Å². The summed E-state index contributed by atoms with van der Waals surface area (Å²) in [7, 11) is 3.70. The van der Waals surface area contributed by atoms with Crippen LogP contribution < -0.4 is 5.73 Å². The van der Waals surface area contributed by atoms with Gasteiger partial charge in [0.15, 0.2) is 0 Å². The summed E-state index contributed by atoms with van der Waals surface area (Å²) in [4.78, 5) is 54.6.